The minimum atomic E-state index is -0.234. The molecule has 2 N–H and O–H groups in total. The van der Waals surface area contributed by atoms with Crippen LogP contribution < -0.4 is 10.6 Å². The van der Waals surface area contributed by atoms with Gasteiger partial charge < -0.3 is 15.5 Å². The second-order valence-corrected chi connectivity index (χ2v) is 8.48. The minimum absolute atomic E-state index is 0.0689. The molecule has 2 saturated heterocycles. The maximum absolute atomic E-state index is 13.1. The number of amides is 1. The van der Waals surface area contributed by atoms with Gasteiger partial charge >= 0.3 is 0 Å². The van der Waals surface area contributed by atoms with Gasteiger partial charge in [-0.05, 0) is 55.5 Å². The number of carbonyl (C=O) groups excluding carboxylic acids is 1. The van der Waals surface area contributed by atoms with Gasteiger partial charge in [0.1, 0.15) is 5.82 Å². The summed E-state index contributed by atoms with van der Waals surface area (Å²) in [5, 5.41) is 11.4. The van der Waals surface area contributed by atoms with Gasteiger partial charge in [-0.1, -0.05) is 12.1 Å². The minimum Gasteiger partial charge on any atom is -0.331 e. The molecule has 0 radical (unpaired) electrons. The van der Waals surface area contributed by atoms with E-state index < -0.39 is 0 Å². The molecule has 3 aliphatic rings. The zero-order valence-electron chi connectivity index (χ0n) is 16.0. The third-order valence-electron chi connectivity index (χ3n) is 6.62. The van der Waals surface area contributed by atoms with E-state index in [1.807, 2.05) is 15.8 Å². The van der Waals surface area contributed by atoms with Crippen LogP contribution in [0.3, 0.4) is 0 Å². The van der Waals surface area contributed by atoms with Crippen molar-refractivity contribution in [2.75, 3.05) is 19.6 Å². The van der Waals surface area contributed by atoms with Gasteiger partial charge in [0.05, 0.1) is 31.0 Å². The molecule has 0 aliphatic carbocycles. The number of piperidine rings is 1. The predicted octanol–water partition coefficient (Wildman–Crippen LogP) is 1.64. The first-order valence-corrected chi connectivity index (χ1v) is 10.1. The summed E-state index contributed by atoms with van der Waals surface area (Å²) in [4.78, 5) is 15.1. The van der Waals surface area contributed by atoms with Crippen LogP contribution in [0, 0.1) is 11.2 Å². The highest BCUT2D eigenvalue weighted by Gasteiger charge is 2.44. The molecule has 0 saturated carbocycles. The highest BCUT2D eigenvalue weighted by molar-refractivity contribution is 5.83. The molecular formula is C21H26FN5O. The maximum atomic E-state index is 13.1. The Kier molecular flexibility index (Phi) is 4.44. The number of benzene rings is 1. The molecule has 2 aromatic rings. The first-order chi connectivity index (χ1) is 13.6. The lowest BCUT2D eigenvalue weighted by Gasteiger charge is -2.33. The lowest BCUT2D eigenvalue weighted by atomic mass is 9.77. The Morgan fingerprint density at radius 1 is 1.21 bits per heavy atom. The molecule has 4 heterocycles. The van der Waals surface area contributed by atoms with Crippen LogP contribution in [-0.2, 0) is 24.4 Å². The molecule has 1 atom stereocenters. The Hall–Kier alpha value is -2.25. The fraction of sp³-hybridized carbons (Fsp3) is 0.524. The van der Waals surface area contributed by atoms with E-state index in [2.05, 4.69) is 15.7 Å². The standard InChI is InChI=1S/C21H26FN5O/c22-17-3-1-15(2-4-17)11-27-19-13-26(12-16(19)10-25-27)20(28)18-9-21(14-24-18)5-7-23-8-6-21/h1-4,10,18,23-24H,5-9,11-14H2. The van der Waals surface area contributed by atoms with Gasteiger partial charge in [-0.15, -0.1) is 0 Å². The zero-order valence-corrected chi connectivity index (χ0v) is 16.0. The first kappa shape index (κ1) is 17.8. The van der Waals surface area contributed by atoms with E-state index in [-0.39, 0.29) is 23.2 Å². The van der Waals surface area contributed by atoms with Crippen LogP contribution in [0.2, 0.25) is 0 Å². The summed E-state index contributed by atoms with van der Waals surface area (Å²) < 4.78 is 15.1. The monoisotopic (exact) mass is 383 g/mol. The highest BCUT2D eigenvalue weighted by Crippen LogP contribution is 2.38. The quantitative estimate of drug-likeness (QED) is 0.846. The number of fused-ring (bicyclic) bond motifs is 1. The fourth-order valence-electron chi connectivity index (χ4n) is 4.91. The van der Waals surface area contributed by atoms with Gasteiger partial charge in [0.2, 0.25) is 5.91 Å². The van der Waals surface area contributed by atoms with Crippen LogP contribution in [0.1, 0.15) is 36.1 Å². The molecule has 1 aromatic carbocycles. The Bertz CT molecular complexity index is 871. The van der Waals surface area contributed by atoms with Crippen LogP contribution in [-0.4, -0.2) is 46.3 Å². The van der Waals surface area contributed by atoms with Crippen molar-refractivity contribution < 1.29 is 9.18 Å². The Labute approximate surface area is 164 Å². The number of rotatable bonds is 3. The van der Waals surface area contributed by atoms with Crippen molar-refractivity contribution in [3.63, 3.8) is 0 Å². The number of hydrogen-bond acceptors (Lipinski definition) is 4. The first-order valence-electron chi connectivity index (χ1n) is 10.1. The Morgan fingerprint density at radius 2 is 2.00 bits per heavy atom. The van der Waals surface area contributed by atoms with Crippen LogP contribution in [0.4, 0.5) is 4.39 Å². The summed E-state index contributed by atoms with van der Waals surface area (Å²) in [6.45, 7) is 4.88. The topological polar surface area (TPSA) is 62.2 Å². The Morgan fingerprint density at radius 3 is 2.79 bits per heavy atom. The number of carbonyl (C=O) groups is 1. The van der Waals surface area contributed by atoms with Crippen molar-refractivity contribution in [2.45, 2.75) is 44.9 Å². The predicted molar refractivity (Wildman–Crippen MR) is 103 cm³/mol. The van der Waals surface area contributed by atoms with Crippen molar-refractivity contribution in [1.82, 2.24) is 25.3 Å². The van der Waals surface area contributed by atoms with Crippen LogP contribution >= 0.6 is 0 Å². The molecule has 3 aliphatic heterocycles. The average molecular weight is 383 g/mol. The highest BCUT2D eigenvalue weighted by atomic mass is 19.1. The van der Waals surface area contributed by atoms with Crippen molar-refractivity contribution in [3.05, 3.63) is 53.1 Å². The van der Waals surface area contributed by atoms with E-state index in [1.165, 1.54) is 12.1 Å². The lowest BCUT2D eigenvalue weighted by molar-refractivity contribution is -0.134. The molecule has 1 spiro atoms. The fourth-order valence-corrected chi connectivity index (χ4v) is 4.91. The van der Waals surface area contributed by atoms with Crippen molar-refractivity contribution >= 4 is 5.91 Å². The smallest absolute Gasteiger partial charge is 0.240 e. The van der Waals surface area contributed by atoms with Crippen molar-refractivity contribution in [1.29, 1.82) is 0 Å². The number of hydrogen-bond donors (Lipinski definition) is 2. The van der Waals surface area contributed by atoms with Crippen molar-refractivity contribution in [2.24, 2.45) is 5.41 Å². The summed E-state index contributed by atoms with van der Waals surface area (Å²) in [6.07, 6.45) is 5.11. The molecule has 5 rings (SSSR count). The van der Waals surface area contributed by atoms with Crippen LogP contribution in [0.15, 0.2) is 30.5 Å². The number of halogens is 1. The van der Waals surface area contributed by atoms with E-state index in [9.17, 15) is 9.18 Å². The van der Waals surface area contributed by atoms with E-state index in [0.29, 0.717) is 19.6 Å². The third kappa shape index (κ3) is 3.22. The van der Waals surface area contributed by atoms with Gasteiger partial charge in [0.15, 0.2) is 0 Å². The summed E-state index contributed by atoms with van der Waals surface area (Å²) in [7, 11) is 0. The van der Waals surface area contributed by atoms with Gasteiger partial charge in [-0.25, -0.2) is 4.39 Å². The summed E-state index contributed by atoms with van der Waals surface area (Å²) >= 11 is 0. The van der Waals surface area contributed by atoms with Crippen LogP contribution in [0.25, 0.3) is 0 Å². The average Bonchev–Trinajstić information content (AvgIpc) is 3.40. The normalized spacial score (nSPS) is 23.3. The van der Waals surface area contributed by atoms with Gasteiger partial charge in [-0.3, -0.25) is 9.48 Å². The number of aromatic nitrogens is 2. The Balaban J connectivity index is 1.25. The molecule has 7 heteroatoms. The molecule has 0 bridgehead atoms. The van der Waals surface area contributed by atoms with Crippen LogP contribution in [0.5, 0.6) is 0 Å². The largest absolute Gasteiger partial charge is 0.331 e. The van der Waals surface area contributed by atoms with Crippen molar-refractivity contribution in [3.8, 4) is 0 Å². The molecule has 28 heavy (non-hydrogen) atoms. The third-order valence-corrected chi connectivity index (χ3v) is 6.62. The second kappa shape index (κ2) is 6.97. The zero-order chi connectivity index (χ0) is 19.1. The molecule has 1 amide bonds. The SMILES string of the molecule is O=C(C1CC2(CCNCC2)CN1)N1Cc2cnn(Cc3ccc(F)cc3)c2C1. The molecule has 1 aromatic heterocycles. The molecule has 1 unspecified atom stereocenters. The molecule has 2 fully saturated rings. The number of nitrogens with zero attached hydrogens (tertiary/aromatic N) is 3. The summed E-state index contributed by atoms with van der Waals surface area (Å²) in [6, 6.07) is 6.43. The molecular weight excluding hydrogens is 357 g/mol. The maximum Gasteiger partial charge on any atom is 0.240 e. The summed E-state index contributed by atoms with van der Waals surface area (Å²) in [5.41, 5.74) is 3.50. The summed E-state index contributed by atoms with van der Waals surface area (Å²) in [5.74, 6) is -0.0262. The van der Waals surface area contributed by atoms with E-state index in [0.717, 1.165) is 55.7 Å². The van der Waals surface area contributed by atoms with E-state index in [1.54, 1.807) is 12.1 Å². The number of nitrogens with one attached hydrogen (secondary N) is 2. The van der Waals surface area contributed by atoms with Gasteiger partial charge in [0, 0.05) is 18.7 Å². The van der Waals surface area contributed by atoms with E-state index in [4.69, 9.17) is 0 Å². The van der Waals surface area contributed by atoms with Gasteiger partial charge in [0.25, 0.3) is 0 Å². The molecule has 148 valence electrons. The second-order valence-electron chi connectivity index (χ2n) is 8.48. The molecule has 6 nitrogen and oxygen atoms in total. The lowest BCUT2D eigenvalue weighted by Crippen LogP contribution is -2.41. The van der Waals surface area contributed by atoms with Gasteiger partial charge in [-0.2, -0.15) is 5.10 Å². The van der Waals surface area contributed by atoms with E-state index >= 15 is 0 Å².